The molecule has 0 heterocycles. The van der Waals surface area contributed by atoms with E-state index in [0.717, 1.165) is 10.5 Å². The number of halogens is 3. The Bertz CT molecular complexity index is 723. The summed E-state index contributed by atoms with van der Waals surface area (Å²) in [5, 5.41) is 5.17. The standard InChI is InChI=1S/C16H13BrClFN2O2/c17-11-3-1-10(2-4-11)16(23)20-8-7-15(22)21-12-5-6-13(18)14(19)9-12/h1-6,9H,7-8H2,(H,20,23)(H,21,22). The summed E-state index contributed by atoms with van der Waals surface area (Å²) in [6.07, 6.45) is 0.0759. The van der Waals surface area contributed by atoms with E-state index in [1.54, 1.807) is 24.3 Å². The molecule has 2 aromatic rings. The largest absolute Gasteiger partial charge is 0.352 e. The molecule has 0 fully saturated rings. The number of nitrogens with one attached hydrogen (secondary N) is 2. The topological polar surface area (TPSA) is 58.2 Å². The molecule has 0 aliphatic carbocycles. The molecule has 7 heteroatoms. The van der Waals surface area contributed by atoms with Crippen molar-refractivity contribution < 1.29 is 14.0 Å². The second-order valence-corrected chi connectivity index (χ2v) is 6.01. The number of hydrogen-bond donors (Lipinski definition) is 2. The third-order valence-corrected chi connectivity index (χ3v) is 3.78. The smallest absolute Gasteiger partial charge is 0.251 e. The lowest BCUT2D eigenvalue weighted by atomic mass is 10.2. The summed E-state index contributed by atoms with van der Waals surface area (Å²) >= 11 is 8.85. The predicted octanol–water partition coefficient (Wildman–Crippen LogP) is 4.00. The Kier molecular flexibility index (Phi) is 6.12. The van der Waals surface area contributed by atoms with Gasteiger partial charge in [0.1, 0.15) is 5.82 Å². The Morgan fingerprint density at radius 1 is 1.13 bits per heavy atom. The molecule has 23 heavy (non-hydrogen) atoms. The first kappa shape index (κ1) is 17.4. The van der Waals surface area contributed by atoms with Crippen molar-refractivity contribution in [2.45, 2.75) is 6.42 Å². The van der Waals surface area contributed by atoms with E-state index in [1.807, 2.05) is 0 Å². The maximum atomic E-state index is 13.3. The fourth-order valence-electron chi connectivity index (χ4n) is 1.79. The molecule has 0 radical (unpaired) electrons. The van der Waals surface area contributed by atoms with Crippen LogP contribution in [-0.2, 0) is 4.79 Å². The summed E-state index contributed by atoms with van der Waals surface area (Å²) in [7, 11) is 0. The highest BCUT2D eigenvalue weighted by Gasteiger charge is 2.08. The molecule has 0 aliphatic rings. The summed E-state index contributed by atoms with van der Waals surface area (Å²) in [6, 6.07) is 10.9. The summed E-state index contributed by atoms with van der Waals surface area (Å²) in [5.41, 5.74) is 0.824. The first-order chi connectivity index (χ1) is 11.0. The average molecular weight is 400 g/mol. The van der Waals surface area contributed by atoms with Crippen LogP contribution in [-0.4, -0.2) is 18.4 Å². The monoisotopic (exact) mass is 398 g/mol. The van der Waals surface area contributed by atoms with Crippen LogP contribution in [0.1, 0.15) is 16.8 Å². The molecule has 0 atom stereocenters. The van der Waals surface area contributed by atoms with Crippen LogP contribution >= 0.6 is 27.5 Å². The van der Waals surface area contributed by atoms with Crippen molar-refractivity contribution in [3.63, 3.8) is 0 Å². The van der Waals surface area contributed by atoms with Crippen LogP contribution < -0.4 is 10.6 Å². The minimum absolute atomic E-state index is 0.00948. The van der Waals surface area contributed by atoms with Crippen LogP contribution in [0.3, 0.4) is 0 Å². The third-order valence-electron chi connectivity index (χ3n) is 2.95. The molecule has 2 amide bonds. The molecule has 0 saturated heterocycles. The van der Waals surface area contributed by atoms with Crippen molar-refractivity contribution in [3.8, 4) is 0 Å². The van der Waals surface area contributed by atoms with E-state index in [-0.39, 0.29) is 29.8 Å². The quantitative estimate of drug-likeness (QED) is 0.798. The fraction of sp³-hybridized carbons (Fsp3) is 0.125. The normalized spacial score (nSPS) is 10.2. The SMILES string of the molecule is O=C(CCNC(=O)c1ccc(Br)cc1)Nc1ccc(Cl)c(F)c1. The first-order valence-electron chi connectivity index (χ1n) is 6.74. The minimum atomic E-state index is -0.604. The minimum Gasteiger partial charge on any atom is -0.352 e. The van der Waals surface area contributed by atoms with Gasteiger partial charge in [0.25, 0.3) is 5.91 Å². The summed E-state index contributed by atoms with van der Waals surface area (Å²) < 4.78 is 14.1. The molecule has 0 bridgehead atoms. The molecule has 0 aromatic heterocycles. The van der Waals surface area contributed by atoms with Crippen LogP contribution in [0.25, 0.3) is 0 Å². The summed E-state index contributed by atoms with van der Waals surface area (Å²) in [5.74, 6) is -1.20. The van der Waals surface area contributed by atoms with Crippen LogP contribution in [0.15, 0.2) is 46.9 Å². The molecule has 4 nitrogen and oxygen atoms in total. The van der Waals surface area contributed by atoms with Gasteiger partial charge in [-0.1, -0.05) is 27.5 Å². The molecule has 0 aliphatic heterocycles. The van der Waals surface area contributed by atoms with E-state index < -0.39 is 5.82 Å². The summed E-state index contributed by atoms with van der Waals surface area (Å²) in [4.78, 5) is 23.6. The Labute approximate surface area is 146 Å². The summed E-state index contributed by atoms with van der Waals surface area (Å²) in [6.45, 7) is 0.177. The van der Waals surface area contributed by atoms with E-state index in [2.05, 4.69) is 26.6 Å². The molecule has 0 saturated carbocycles. The Morgan fingerprint density at radius 3 is 2.48 bits per heavy atom. The van der Waals surface area contributed by atoms with E-state index in [9.17, 15) is 14.0 Å². The van der Waals surface area contributed by atoms with Gasteiger partial charge in [-0.3, -0.25) is 9.59 Å². The van der Waals surface area contributed by atoms with Gasteiger partial charge in [-0.05, 0) is 42.5 Å². The zero-order valence-electron chi connectivity index (χ0n) is 11.9. The molecule has 2 N–H and O–H groups in total. The van der Waals surface area contributed by atoms with Crippen LogP contribution in [0.4, 0.5) is 10.1 Å². The molecular weight excluding hydrogens is 387 g/mol. The number of carbonyl (C=O) groups excluding carboxylic acids is 2. The zero-order valence-corrected chi connectivity index (χ0v) is 14.2. The Balaban J connectivity index is 1.79. The van der Waals surface area contributed by atoms with Crippen molar-refractivity contribution in [3.05, 3.63) is 63.3 Å². The highest BCUT2D eigenvalue weighted by molar-refractivity contribution is 9.10. The zero-order chi connectivity index (χ0) is 16.8. The van der Waals surface area contributed by atoms with Gasteiger partial charge in [0.05, 0.1) is 5.02 Å². The van der Waals surface area contributed by atoms with Crippen molar-refractivity contribution in [2.24, 2.45) is 0 Å². The highest BCUT2D eigenvalue weighted by atomic mass is 79.9. The van der Waals surface area contributed by atoms with Gasteiger partial charge < -0.3 is 10.6 Å². The molecule has 2 aromatic carbocycles. The van der Waals surface area contributed by atoms with E-state index in [4.69, 9.17) is 11.6 Å². The average Bonchev–Trinajstić information content (AvgIpc) is 2.51. The van der Waals surface area contributed by atoms with Gasteiger partial charge in [-0.2, -0.15) is 0 Å². The highest BCUT2D eigenvalue weighted by Crippen LogP contribution is 2.18. The van der Waals surface area contributed by atoms with Gasteiger partial charge in [-0.25, -0.2) is 4.39 Å². The second-order valence-electron chi connectivity index (χ2n) is 4.69. The van der Waals surface area contributed by atoms with Gasteiger partial charge in [0.2, 0.25) is 5.91 Å². The van der Waals surface area contributed by atoms with Gasteiger partial charge in [0.15, 0.2) is 0 Å². The number of anilines is 1. The van der Waals surface area contributed by atoms with E-state index in [1.165, 1.54) is 12.1 Å². The molecule has 0 spiro atoms. The molecule has 2 rings (SSSR count). The number of carbonyl (C=O) groups is 2. The Hall–Kier alpha value is -1.92. The predicted molar refractivity (Wildman–Crippen MR) is 91.1 cm³/mol. The number of amides is 2. The second kappa shape index (κ2) is 8.08. The van der Waals surface area contributed by atoms with Crippen LogP contribution in [0.5, 0.6) is 0 Å². The van der Waals surface area contributed by atoms with Crippen LogP contribution in [0.2, 0.25) is 5.02 Å². The maximum absolute atomic E-state index is 13.3. The van der Waals surface area contributed by atoms with Crippen molar-refractivity contribution in [2.75, 3.05) is 11.9 Å². The first-order valence-corrected chi connectivity index (χ1v) is 7.91. The van der Waals surface area contributed by atoms with Crippen molar-refractivity contribution >= 4 is 45.0 Å². The van der Waals surface area contributed by atoms with E-state index >= 15 is 0 Å². The van der Waals surface area contributed by atoms with Gasteiger partial charge >= 0.3 is 0 Å². The third kappa shape index (κ3) is 5.33. The van der Waals surface area contributed by atoms with Crippen molar-refractivity contribution in [1.82, 2.24) is 5.32 Å². The van der Waals surface area contributed by atoms with Gasteiger partial charge in [0, 0.05) is 28.7 Å². The number of hydrogen-bond acceptors (Lipinski definition) is 2. The lowest BCUT2D eigenvalue weighted by Gasteiger charge is -2.07. The Morgan fingerprint density at radius 2 is 1.83 bits per heavy atom. The molecule has 0 unspecified atom stereocenters. The molecule has 120 valence electrons. The van der Waals surface area contributed by atoms with Crippen LogP contribution in [0, 0.1) is 5.82 Å². The molecular formula is C16H13BrClFN2O2. The van der Waals surface area contributed by atoms with E-state index in [0.29, 0.717) is 11.3 Å². The lowest BCUT2D eigenvalue weighted by molar-refractivity contribution is -0.116. The van der Waals surface area contributed by atoms with Crippen molar-refractivity contribution in [1.29, 1.82) is 0 Å². The van der Waals surface area contributed by atoms with Gasteiger partial charge in [-0.15, -0.1) is 0 Å². The fourth-order valence-corrected chi connectivity index (χ4v) is 2.17. The number of benzene rings is 2. The number of rotatable bonds is 5. The maximum Gasteiger partial charge on any atom is 0.251 e. The lowest BCUT2D eigenvalue weighted by Crippen LogP contribution is -2.27.